The van der Waals surface area contributed by atoms with Gasteiger partial charge in [-0.15, -0.1) is 21.8 Å². The number of nitrogens with zero attached hydrogens (tertiary/aromatic N) is 2. The Morgan fingerprint density at radius 1 is 1.29 bits per heavy atom. The average Bonchev–Trinajstić information content (AvgIpc) is 2.78. The van der Waals surface area contributed by atoms with Crippen LogP contribution >= 0.6 is 34.5 Å². The van der Waals surface area contributed by atoms with Gasteiger partial charge in [0.2, 0.25) is 0 Å². The van der Waals surface area contributed by atoms with E-state index in [-0.39, 0.29) is 5.02 Å². The molecule has 0 atom stereocenters. The third-order valence-electron chi connectivity index (χ3n) is 2.17. The summed E-state index contributed by atoms with van der Waals surface area (Å²) >= 11 is 12.9. The number of hydrogen-bond donors (Lipinski definition) is 0. The van der Waals surface area contributed by atoms with Gasteiger partial charge in [-0.25, -0.2) is 4.39 Å². The van der Waals surface area contributed by atoms with Crippen LogP contribution in [-0.4, -0.2) is 16.1 Å². The summed E-state index contributed by atoms with van der Waals surface area (Å²) in [6, 6.07) is 4.66. The van der Waals surface area contributed by atoms with Crippen LogP contribution in [0.1, 0.15) is 11.4 Å². The fourth-order valence-electron chi connectivity index (χ4n) is 1.35. The Morgan fingerprint density at radius 2 is 2.12 bits per heavy atom. The van der Waals surface area contributed by atoms with Gasteiger partial charge in [-0.3, -0.25) is 0 Å². The summed E-state index contributed by atoms with van der Waals surface area (Å²) in [6.07, 6.45) is 1.64. The Bertz CT molecular complexity index is 516. The summed E-state index contributed by atoms with van der Waals surface area (Å²) in [5.41, 5.74) is 0.585. The first-order valence-corrected chi connectivity index (χ1v) is 6.78. The maximum atomic E-state index is 13.3. The molecule has 0 aliphatic rings. The predicted octanol–water partition coefficient (Wildman–Crippen LogP) is 4.17. The number of aryl methyl sites for hydroxylation is 1. The Balaban J connectivity index is 2.27. The number of benzene rings is 1. The minimum absolute atomic E-state index is 0.0903. The number of aromatic nitrogens is 2. The van der Waals surface area contributed by atoms with Crippen LogP contribution in [0.15, 0.2) is 18.2 Å². The lowest BCUT2D eigenvalue weighted by Gasteiger charge is -1.99. The third kappa shape index (κ3) is 2.94. The Morgan fingerprint density at radius 3 is 2.88 bits per heavy atom. The summed E-state index contributed by atoms with van der Waals surface area (Å²) in [5, 5.41) is 9.66. The predicted molar refractivity (Wildman–Crippen MR) is 69.4 cm³/mol. The average molecular weight is 291 g/mol. The topological polar surface area (TPSA) is 25.8 Å². The van der Waals surface area contributed by atoms with Gasteiger partial charge in [-0.05, 0) is 12.5 Å². The highest BCUT2D eigenvalue weighted by molar-refractivity contribution is 7.14. The second-order valence-electron chi connectivity index (χ2n) is 3.39. The maximum Gasteiger partial charge on any atom is 0.149 e. The highest BCUT2D eigenvalue weighted by atomic mass is 35.5. The molecule has 0 aliphatic carbocycles. The molecule has 0 radical (unpaired) electrons. The van der Waals surface area contributed by atoms with Gasteiger partial charge in [0.15, 0.2) is 0 Å². The van der Waals surface area contributed by atoms with E-state index in [0.717, 1.165) is 17.8 Å². The molecule has 0 bridgehead atoms. The van der Waals surface area contributed by atoms with E-state index in [4.69, 9.17) is 23.2 Å². The molecular formula is C11H9Cl2FN2S. The van der Waals surface area contributed by atoms with Gasteiger partial charge < -0.3 is 0 Å². The summed E-state index contributed by atoms with van der Waals surface area (Å²) < 4.78 is 13.3. The molecule has 0 spiro atoms. The Kier molecular flexibility index (Phi) is 4.31. The van der Waals surface area contributed by atoms with Gasteiger partial charge in [0, 0.05) is 17.9 Å². The first-order valence-electron chi connectivity index (χ1n) is 5.05. The Labute approximate surface area is 112 Å². The van der Waals surface area contributed by atoms with E-state index in [1.165, 1.54) is 17.4 Å². The van der Waals surface area contributed by atoms with Gasteiger partial charge >= 0.3 is 0 Å². The SMILES string of the molecule is Fc1cccc(-c2nnc(CCCCl)s2)c1Cl. The van der Waals surface area contributed by atoms with E-state index >= 15 is 0 Å². The first kappa shape index (κ1) is 12.7. The minimum atomic E-state index is -0.443. The van der Waals surface area contributed by atoms with Crippen LogP contribution in [-0.2, 0) is 6.42 Å². The van der Waals surface area contributed by atoms with Crippen molar-refractivity contribution >= 4 is 34.5 Å². The lowest BCUT2D eigenvalue weighted by molar-refractivity contribution is 0.628. The number of halogens is 3. The normalized spacial score (nSPS) is 10.8. The van der Waals surface area contributed by atoms with Crippen LogP contribution < -0.4 is 0 Å². The van der Waals surface area contributed by atoms with Crippen LogP contribution in [0.4, 0.5) is 4.39 Å². The van der Waals surface area contributed by atoms with E-state index < -0.39 is 5.82 Å². The highest BCUT2D eigenvalue weighted by Crippen LogP contribution is 2.32. The minimum Gasteiger partial charge on any atom is -0.205 e. The zero-order valence-electron chi connectivity index (χ0n) is 8.79. The molecule has 0 saturated carbocycles. The van der Waals surface area contributed by atoms with Crippen LogP contribution in [0, 0.1) is 5.82 Å². The van der Waals surface area contributed by atoms with Crippen molar-refractivity contribution in [3.8, 4) is 10.6 Å². The second-order valence-corrected chi connectivity index (χ2v) is 5.21. The van der Waals surface area contributed by atoms with E-state index in [1.807, 2.05) is 0 Å². The van der Waals surface area contributed by atoms with Crippen LogP contribution in [0.25, 0.3) is 10.6 Å². The van der Waals surface area contributed by atoms with Crippen molar-refractivity contribution in [1.29, 1.82) is 0 Å². The van der Waals surface area contributed by atoms with Crippen molar-refractivity contribution in [3.63, 3.8) is 0 Å². The smallest absolute Gasteiger partial charge is 0.149 e. The number of alkyl halides is 1. The zero-order chi connectivity index (χ0) is 12.3. The fraction of sp³-hybridized carbons (Fsp3) is 0.273. The number of hydrogen-bond acceptors (Lipinski definition) is 3. The fourth-order valence-corrected chi connectivity index (χ4v) is 2.67. The molecule has 0 N–H and O–H groups in total. The van der Waals surface area contributed by atoms with Crippen molar-refractivity contribution in [2.24, 2.45) is 0 Å². The van der Waals surface area contributed by atoms with Crippen molar-refractivity contribution in [2.75, 3.05) is 5.88 Å². The van der Waals surface area contributed by atoms with Crippen LogP contribution in [0.5, 0.6) is 0 Å². The van der Waals surface area contributed by atoms with E-state index in [0.29, 0.717) is 16.5 Å². The van der Waals surface area contributed by atoms with Gasteiger partial charge in [0.25, 0.3) is 0 Å². The largest absolute Gasteiger partial charge is 0.205 e. The highest BCUT2D eigenvalue weighted by Gasteiger charge is 2.12. The summed E-state index contributed by atoms with van der Waals surface area (Å²) in [7, 11) is 0. The summed E-state index contributed by atoms with van der Waals surface area (Å²) in [4.78, 5) is 0. The molecule has 2 rings (SSSR count). The third-order valence-corrected chi connectivity index (χ3v) is 3.84. The second kappa shape index (κ2) is 5.76. The van der Waals surface area contributed by atoms with Crippen LogP contribution in [0.2, 0.25) is 5.02 Å². The van der Waals surface area contributed by atoms with E-state index in [2.05, 4.69) is 10.2 Å². The van der Waals surface area contributed by atoms with Crippen molar-refractivity contribution in [1.82, 2.24) is 10.2 Å². The molecule has 17 heavy (non-hydrogen) atoms. The quantitative estimate of drug-likeness (QED) is 0.790. The standard InChI is InChI=1S/C11H9Cl2FN2S/c12-6-2-5-9-15-16-11(17-9)7-3-1-4-8(14)10(7)13/h1,3-4H,2,5-6H2. The molecule has 2 aromatic rings. The maximum absolute atomic E-state index is 13.3. The van der Waals surface area contributed by atoms with Crippen molar-refractivity contribution in [2.45, 2.75) is 12.8 Å². The van der Waals surface area contributed by atoms with Crippen LogP contribution in [0.3, 0.4) is 0 Å². The molecule has 0 saturated heterocycles. The summed E-state index contributed by atoms with van der Waals surface area (Å²) in [6.45, 7) is 0. The molecule has 0 unspecified atom stereocenters. The lowest BCUT2D eigenvalue weighted by atomic mass is 10.2. The van der Waals surface area contributed by atoms with Crippen molar-refractivity contribution < 1.29 is 4.39 Å². The molecule has 2 nitrogen and oxygen atoms in total. The molecule has 6 heteroatoms. The van der Waals surface area contributed by atoms with Gasteiger partial charge in [0.1, 0.15) is 15.8 Å². The lowest BCUT2D eigenvalue weighted by Crippen LogP contribution is -1.84. The molecule has 90 valence electrons. The van der Waals surface area contributed by atoms with E-state index in [1.54, 1.807) is 12.1 Å². The molecule has 1 aromatic heterocycles. The molecule has 0 amide bonds. The Hall–Kier alpha value is -0.710. The first-order chi connectivity index (χ1) is 8.22. The monoisotopic (exact) mass is 290 g/mol. The molecule has 0 aliphatic heterocycles. The van der Waals surface area contributed by atoms with Gasteiger partial charge in [-0.1, -0.05) is 35.1 Å². The zero-order valence-corrected chi connectivity index (χ0v) is 11.1. The van der Waals surface area contributed by atoms with E-state index in [9.17, 15) is 4.39 Å². The molecular weight excluding hydrogens is 282 g/mol. The molecule has 0 fully saturated rings. The number of rotatable bonds is 4. The van der Waals surface area contributed by atoms with Crippen molar-refractivity contribution in [3.05, 3.63) is 34.0 Å². The molecule has 1 heterocycles. The summed E-state index contributed by atoms with van der Waals surface area (Å²) in [5.74, 6) is 0.150. The molecule has 1 aromatic carbocycles. The van der Waals surface area contributed by atoms with Gasteiger partial charge in [-0.2, -0.15) is 0 Å². The van der Waals surface area contributed by atoms with Gasteiger partial charge in [0.05, 0.1) is 5.02 Å².